The van der Waals surface area contributed by atoms with Gasteiger partial charge in [-0.05, 0) is 37.1 Å². The standard InChI is InChI=1S/C20H21FN4O3/c21-14-8-6-13(7-9-14)19-25-16(12-22)18(28-19)15(23)4-2-1-3-5-17(26)20-24-10-11-27-20/h6-11,15,20,24H,1-5,23H2/t15-,20?/m0/s1. The van der Waals surface area contributed by atoms with Crippen molar-refractivity contribution < 1.29 is 18.3 Å². The maximum atomic E-state index is 13.1. The smallest absolute Gasteiger partial charge is 0.228 e. The molecule has 3 rings (SSSR count). The molecule has 1 aromatic heterocycles. The van der Waals surface area contributed by atoms with Crippen molar-refractivity contribution in [3.63, 3.8) is 0 Å². The number of nitriles is 1. The average molecular weight is 384 g/mol. The van der Waals surface area contributed by atoms with E-state index in [0.29, 0.717) is 24.2 Å². The highest BCUT2D eigenvalue weighted by Crippen LogP contribution is 2.27. The summed E-state index contributed by atoms with van der Waals surface area (Å²) in [4.78, 5) is 16.0. The molecule has 1 aromatic carbocycles. The van der Waals surface area contributed by atoms with Crippen LogP contribution in [-0.4, -0.2) is 17.0 Å². The fourth-order valence-corrected chi connectivity index (χ4v) is 2.93. The fourth-order valence-electron chi connectivity index (χ4n) is 2.93. The molecule has 0 amide bonds. The van der Waals surface area contributed by atoms with Crippen molar-refractivity contribution in [2.24, 2.45) is 5.73 Å². The van der Waals surface area contributed by atoms with Crippen LogP contribution < -0.4 is 11.1 Å². The van der Waals surface area contributed by atoms with E-state index in [0.717, 1.165) is 19.3 Å². The van der Waals surface area contributed by atoms with Crippen molar-refractivity contribution in [3.8, 4) is 17.5 Å². The number of nitrogens with two attached hydrogens (primary N) is 1. The summed E-state index contributed by atoms with van der Waals surface area (Å²) in [6, 6.07) is 7.19. The van der Waals surface area contributed by atoms with Crippen molar-refractivity contribution >= 4 is 5.78 Å². The summed E-state index contributed by atoms with van der Waals surface area (Å²) in [5.74, 6) is 0.218. The van der Waals surface area contributed by atoms with Gasteiger partial charge < -0.3 is 20.2 Å². The highest BCUT2D eigenvalue weighted by Gasteiger charge is 2.21. The molecule has 1 aliphatic heterocycles. The van der Waals surface area contributed by atoms with Crippen LogP contribution in [-0.2, 0) is 9.53 Å². The Balaban J connectivity index is 1.49. The highest BCUT2D eigenvalue weighted by molar-refractivity contribution is 5.83. The number of nitrogens with one attached hydrogen (secondary N) is 1. The van der Waals surface area contributed by atoms with Crippen molar-refractivity contribution in [1.29, 1.82) is 5.26 Å². The van der Waals surface area contributed by atoms with Crippen LogP contribution in [0.5, 0.6) is 0 Å². The van der Waals surface area contributed by atoms with Crippen LogP contribution >= 0.6 is 0 Å². The third-order valence-electron chi connectivity index (χ3n) is 4.45. The minimum absolute atomic E-state index is 0.0141. The Kier molecular flexibility index (Phi) is 6.40. The number of Topliss-reactive ketones (excluding diaryl/α,β-unsaturated/α-hetero) is 1. The van der Waals surface area contributed by atoms with Crippen LogP contribution in [0.4, 0.5) is 4.39 Å². The molecule has 0 saturated carbocycles. The summed E-state index contributed by atoms with van der Waals surface area (Å²) in [6.45, 7) is 0. The number of unbranched alkanes of at least 4 members (excludes halogenated alkanes) is 2. The minimum atomic E-state index is -0.570. The van der Waals surface area contributed by atoms with E-state index >= 15 is 0 Å². The second-order valence-electron chi connectivity index (χ2n) is 6.51. The van der Waals surface area contributed by atoms with Gasteiger partial charge in [0.25, 0.3) is 0 Å². The number of carbonyl (C=O) groups is 1. The third-order valence-corrected chi connectivity index (χ3v) is 4.45. The molecule has 0 bridgehead atoms. The lowest BCUT2D eigenvalue weighted by atomic mass is 10.0. The summed E-state index contributed by atoms with van der Waals surface area (Å²) in [5.41, 5.74) is 6.89. The second kappa shape index (κ2) is 9.15. The summed E-state index contributed by atoms with van der Waals surface area (Å²) in [6.07, 6.45) is 5.85. The average Bonchev–Trinajstić information content (AvgIpc) is 3.38. The number of carbonyl (C=O) groups excluding carboxylic acids is 1. The lowest BCUT2D eigenvalue weighted by Gasteiger charge is -2.10. The molecule has 1 unspecified atom stereocenters. The molecule has 7 nitrogen and oxygen atoms in total. The lowest BCUT2D eigenvalue weighted by molar-refractivity contribution is -0.127. The molecule has 146 valence electrons. The summed E-state index contributed by atoms with van der Waals surface area (Å²) >= 11 is 0. The quantitative estimate of drug-likeness (QED) is 0.638. The maximum absolute atomic E-state index is 13.1. The summed E-state index contributed by atoms with van der Waals surface area (Å²) < 4.78 is 23.9. The van der Waals surface area contributed by atoms with Crippen LogP contribution in [0.15, 0.2) is 41.1 Å². The SMILES string of the molecule is N#Cc1nc(-c2ccc(F)cc2)oc1[C@@H](N)CCCCCC(=O)C1NC=CO1. The Labute approximate surface area is 162 Å². The van der Waals surface area contributed by atoms with Crippen LogP contribution in [0.2, 0.25) is 0 Å². The first-order chi connectivity index (χ1) is 13.6. The Morgan fingerprint density at radius 2 is 2.11 bits per heavy atom. The zero-order valence-corrected chi connectivity index (χ0v) is 15.2. The van der Waals surface area contributed by atoms with Crippen LogP contribution in [0.3, 0.4) is 0 Å². The summed E-state index contributed by atoms with van der Waals surface area (Å²) in [7, 11) is 0. The first kappa shape index (κ1) is 19.6. The van der Waals surface area contributed by atoms with Gasteiger partial charge in [0.05, 0.1) is 6.04 Å². The second-order valence-corrected chi connectivity index (χ2v) is 6.51. The zero-order valence-electron chi connectivity index (χ0n) is 15.2. The van der Waals surface area contributed by atoms with Crippen LogP contribution in [0, 0.1) is 17.1 Å². The van der Waals surface area contributed by atoms with Gasteiger partial charge in [-0.2, -0.15) is 10.2 Å². The molecule has 3 N–H and O–H groups in total. The van der Waals surface area contributed by atoms with Gasteiger partial charge in [-0.25, -0.2) is 4.39 Å². The van der Waals surface area contributed by atoms with Gasteiger partial charge in [0, 0.05) is 18.2 Å². The third kappa shape index (κ3) is 4.75. The Morgan fingerprint density at radius 3 is 2.79 bits per heavy atom. The first-order valence-corrected chi connectivity index (χ1v) is 9.10. The molecule has 2 heterocycles. The van der Waals surface area contributed by atoms with Crippen LogP contribution in [0.1, 0.15) is 49.6 Å². The topological polar surface area (TPSA) is 114 Å². The van der Waals surface area contributed by atoms with Crippen molar-refractivity contribution in [3.05, 3.63) is 54.0 Å². The van der Waals surface area contributed by atoms with E-state index in [9.17, 15) is 14.4 Å². The molecule has 2 atom stereocenters. The van der Waals surface area contributed by atoms with E-state index in [2.05, 4.69) is 10.3 Å². The number of ether oxygens (including phenoxy) is 1. The monoisotopic (exact) mass is 384 g/mol. The molecule has 28 heavy (non-hydrogen) atoms. The first-order valence-electron chi connectivity index (χ1n) is 9.10. The molecule has 2 aromatic rings. The van der Waals surface area contributed by atoms with E-state index in [1.165, 1.54) is 30.5 Å². The highest BCUT2D eigenvalue weighted by atomic mass is 19.1. The van der Waals surface area contributed by atoms with Gasteiger partial charge in [-0.3, -0.25) is 4.79 Å². The van der Waals surface area contributed by atoms with Crippen molar-refractivity contribution in [2.45, 2.75) is 44.4 Å². The number of nitrogens with zero attached hydrogens (tertiary/aromatic N) is 2. The predicted molar refractivity (Wildman–Crippen MR) is 98.8 cm³/mol. The number of oxazole rings is 1. The Hall–Kier alpha value is -3.18. The van der Waals surface area contributed by atoms with E-state index in [1.54, 1.807) is 6.20 Å². The number of ketones is 1. The number of halogens is 1. The lowest BCUT2D eigenvalue weighted by Crippen LogP contribution is -2.30. The molecule has 1 aliphatic rings. The maximum Gasteiger partial charge on any atom is 0.228 e. The molecule has 0 aliphatic carbocycles. The number of hydrogen-bond donors (Lipinski definition) is 2. The Morgan fingerprint density at radius 1 is 1.32 bits per heavy atom. The van der Waals surface area contributed by atoms with Gasteiger partial charge in [-0.1, -0.05) is 12.8 Å². The molecular formula is C20H21FN4O3. The molecule has 0 saturated heterocycles. The van der Waals surface area contributed by atoms with Crippen molar-refractivity contribution in [2.75, 3.05) is 0 Å². The normalized spacial score (nSPS) is 16.2. The zero-order chi connectivity index (χ0) is 19.9. The van der Waals surface area contributed by atoms with Gasteiger partial charge in [0.15, 0.2) is 17.2 Å². The van der Waals surface area contributed by atoms with Gasteiger partial charge in [-0.15, -0.1) is 0 Å². The van der Waals surface area contributed by atoms with E-state index in [1.807, 2.05) is 6.07 Å². The van der Waals surface area contributed by atoms with Gasteiger partial charge in [0.2, 0.25) is 12.1 Å². The van der Waals surface area contributed by atoms with Crippen molar-refractivity contribution in [1.82, 2.24) is 10.3 Å². The minimum Gasteiger partial charge on any atom is -0.469 e. The number of aromatic nitrogens is 1. The molecule has 8 heteroatoms. The number of rotatable bonds is 9. The molecule has 0 spiro atoms. The van der Waals surface area contributed by atoms with E-state index < -0.39 is 12.3 Å². The molecular weight excluding hydrogens is 363 g/mol. The summed E-state index contributed by atoms with van der Waals surface area (Å²) in [5, 5.41) is 12.1. The fraction of sp³-hybridized carbons (Fsp3) is 0.350. The van der Waals surface area contributed by atoms with E-state index in [4.69, 9.17) is 14.9 Å². The van der Waals surface area contributed by atoms with Gasteiger partial charge >= 0.3 is 0 Å². The number of hydrogen-bond acceptors (Lipinski definition) is 7. The number of benzene rings is 1. The largest absolute Gasteiger partial charge is 0.469 e. The molecule has 0 radical (unpaired) electrons. The van der Waals surface area contributed by atoms with E-state index in [-0.39, 0.29) is 23.2 Å². The predicted octanol–water partition coefficient (Wildman–Crippen LogP) is 3.29. The van der Waals surface area contributed by atoms with Gasteiger partial charge in [0.1, 0.15) is 18.1 Å². The van der Waals surface area contributed by atoms with Crippen LogP contribution in [0.25, 0.3) is 11.5 Å². The Bertz CT molecular complexity index is 878. The molecule has 0 fully saturated rings.